The maximum absolute atomic E-state index is 12.7. The average molecular weight is 437 g/mol. The Morgan fingerprint density at radius 2 is 1.93 bits per heavy atom. The van der Waals surface area contributed by atoms with E-state index in [4.69, 9.17) is 4.74 Å². The fourth-order valence-corrected chi connectivity index (χ4v) is 5.50. The van der Waals surface area contributed by atoms with Crippen molar-refractivity contribution >= 4 is 38.3 Å². The van der Waals surface area contributed by atoms with Gasteiger partial charge in [0.15, 0.2) is 5.13 Å². The second-order valence-corrected chi connectivity index (χ2v) is 9.59. The van der Waals surface area contributed by atoms with E-state index in [2.05, 4.69) is 15.6 Å². The fraction of sp³-hybridized carbons (Fsp3) is 0.389. The van der Waals surface area contributed by atoms with Crippen LogP contribution in [0.5, 0.6) is 0 Å². The molecule has 2 amide bonds. The van der Waals surface area contributed by atoms with Crippen molar-refractivity contribution in [3.05, 3.63) is 40.4 Å². The summed E-state index contributed by atoms with van der Waals surface area (Å²) in [6, 6.07) is 5.77. The Morgan fingerprint density at radius 1 is 1.21 bits per heavy atom. The van der Waals surface area contributed by atoms with E-state index in [0.717, 1.165) is 17.8 Å². The van der Waals surface area contributed by atoms with E-state index in [0.29, 0.717) is 60.5 Å². The lowest BCUT2D eigenvalue weighted by Gasteiger charge is -2.26. The molecule has 1 aromatic heterocycles. The third-order valence-electron chi connectivity index (χ3n) is 4.72. The number of carbonyl (C=O) groups is 2. The molecule has 1 fully saturated rings. The van der Waals surface area contributed by atoms with Gasteiger partial charge < -0.3 is 10.1 Å². The van der Waals surface area contributed by atoms with Crippen LogP contribution < -0.4 is 10.6 Å². The van der Waals surface area contributed by atoms with Crippen molar-refractivity contribution < 1.29 is 22.7 Å². The molecule has 2 aliphatic heterocycles. The van der Waals surface area contributed by atoms with Crippen LogP contribution in [0.25, 0.3) is 0 Å². The number of hydrogen-bond acceptors (Lipinski definition) is 7. The SMILES string of the molecule is O=C(Nc1nc2c(s1)C(=O)NCCC2)c1ccc(S(=O)(=O)N2CCOCC2)cc1. The molecule has 29 heavy (non-hydrogen) atoms. The quantitative estimate of drug-likeness (QED) is 0.741. The maximum atomic E-state index is 12.7. The molecule has 0 saturated carbocycles. The lowest BCUT2D eigenvalue weighted by atomic mass is 10.2. The highest BCUT2D eigenvalue weighted by molar-refractivity contribution is 7.89. The van der Waals surface area contributed by atoms with E-state index in [1.807, 2.05) is 0 Å². The van der Waals surface area contributed by atoms with Crippen molar-refractivity contribution in [2.24, 2.45) is 0 Å². The third-order valence-corrected chi connectivity index (χ3v) is 7.65. The molecule has 0 aliphatic carbocycles. The van der Waals surface area contributed by atoms with Gasteiger partial charge in [-0.25, -0.2) is 13.4 Å². The monoisotopic (exact) mass is 436 g/mol. The summed E-state index contributed by atoms with van der Waals surface area (Å²) >= 11 is 1.14. The van der Waals surface area contributed by atoms with Crippen molar-refractivity contribution in [1.29, 1.82) is 0 Å². The molecule has 2 aromatic rings. The second-order valence-electron chi connectivity index (χ2n) is 6.65. The standard InChI is InChI=1S/C18H20N4O5S2/c23-16(21-18-20-14-2-1-7-19-17(24)15(14)28-18)12-3-5-13(6-4-12)29(25,26)22-8-10-27-11-9-22/h3-6H,1-2,7-11H2,(H,19,24)(H,20,21,23). The molecule has 4 rings (SSSR count). The summed E-state index contributed by atoms with van der Waals surface area (Å²) in [4.78, 5) is 29.5. The van der Waals surface area contributed by atoms with Gasteiger partial charge in [0.25, 0.3) is 11.8 Å². The molecule has 0 spiro atoms. The van der Waals surface area contributed by atoms with Gasteiger partial charge in [0.1, 0.15) is 4.88 Å². The lowest BCUT2D eigenvalue weighted by molar-refractivity contribution is 0.0730. The van der Waals surface area contributed by atoms with E-state index in [1.54, 1.807) is 0 Å². The van der Waals surface area contributed by atoms with E-state index in [-0.39, 0.29) is 10.8 Å². The molecular formula is C18H20N4O5S2. The van der Waals surface area contributed by atoms with Gasteiger partial charge >= 0.3 is 0 Å². The van der Waals surface area contributed by atoms with E-state index in [9.17, 15) is 18.0 Å². The van der Waals surface area contributed by atoms with Crippen molar-refractivity contribution in [2.45, 2.75) is 17.7 Å². The molecule has 9 nitrogen and oxygen atoms in total. The number of fused-ring (bicyclic) bond motifs is 1. The van der Waals surface area contributed by atoms with Crippen LogP contribution in [-0.2, 0) is 21.2 Å². The Labute approximate surface area is 172 Å². The van der Waals surface area contributed by atoms with Crippen LogP contribution in [0.4, 0.5) is 5.13 Å². The number of sulfonamides is 1. The molecule has 0 atom stereocenters. The number of morpholine rings is 1. The lowest BCUT2D eigenvalue weighted by Crippen LogP contribution is -2.40. The summed E-state index contributed by atoms with van der Waals surface area (Å²) in [6.45, 7) is 1.98. The minimum Gasteiger partial charge on any atom is -0.379 e. The van der Waals surface area contributed by atoms with Gasteiger partial charge in [-0.05, 0) is 37.1 Å². The number of ether oxygens (including phenoxy) is 1. The molecule has 0 radical (unpaired) electrons. The minimum absolute atomic E-state index is 0.133. The Morgan fingerprint density at radius 3 is 2.66 bits per heavy atom. The fourth-order valence-electron chi connectivity index (χ4n) is 3.17. The van der Waals surface area contributed by atoms with Crippen LogP contribution in [-0.4, -0.2) is 62.4 Å². The topological polar surface area (TPSA) is 118 Å². The molecule has 3 heterocycles. The summed E-state index contributed by atoms with van der Waals surface area (Å²) < 4.78 is 31.9. The van der Waals surface area contributed by atoms with Gasteiger partial charge in [-0.3, -0.25) is 14.9 Å². The Kier molecular flexibility index (Phi) is 5.63. The zero-order valence-corrected chi connectivity index (χ0v) is 17.1. The van der Waals surface area contributed by atoms with Gasteiger partial charge in [-0.15, -0.1) is 0 Å². The van der Waals surface area contributed by atoms with Crippen LogP contribution in [0.1, 0.15) is 32.1 Å². The van der Waals surface area contributed by atoms with Crippen molar-refractivity contribution in [2.75, 3.05) is 38.2 Å². The van der Waals surface area contributed by atoms with Crippen molar-refractivity contribution in [3.8, 4) is 0 Å². The average Bonchev–Trinajstić information content (AvgIpc) is 3.06. The van der Waals surface area contributed by atoms with Crippen molar-refractivity contribution in [1.82, 2.24) is 14.6 Å². The number of nitrogens with zero attached hydrogens (tertiary/aromatic N) is 2. The third kappa shape index (κ3) is 4.17. The summed E-state index contributed by atoms with van der Waals surface area (Å²) in [5, 5.41) is 5.84. The number of benzene rings is 1. The molecule has 1 aromatic carbocycles. The smallest absolute Gasteiger partial charge is 0.263 e. The predicted octanol–water partition coefficient (Wildman–Crippen LogP) is 1.09. The number of thiazole rings is 1. The molecule has 2 aliphatic rings. The van der Waals surface area contributed by atoms with Crippen molar-refractivity contribution in [3.63, 3.8) is 0 Å². The highest BCUT2D eigenvalue weighted by atomic mass is 32.2. The maximum Gasteiger partial charge on any atom is 0.263 e. The zero-order valence-electron chi connectivity index (χ0n) is 15.5. The van der Waals surface area contributed by atoms with Gasteiger partial charge in [0.05, 0.1) is 23.8 Å². The first kappa shape index (κ1) is 20.0. The van der Waals surface area contributed by atoms with Crippen LogP contribution in [0.3, 0.4) is 0 Å². The normalized spacial score (nSPS) is 17.9. The summed E-state index contributed by atoms with van der Waals surface area (Å²) in [5.41, 5.74) is 0.994. The number of aromatic nitrogens is 1. The highest BCUT2D eigenvalue weighted by Gasteiger charge is 2.26. The first-order valence-corrected chi connectivity index (χ1v) is 11.5. The van der Waals surface area contributed by atoms with Gasteiger partial charge in [0, 0.05) is 25.2 Å². The predicted molar refractivity (Wildman–Crippen MR) is 107 cm³/mol. The van der Waals surface area contributed by atoms with Crippen LogP contribution >= 0.6 is 11.3 Å². The molecule has 154 valence electrons. The van der Waals surface area contributed by atoms with E-state index < -0.39 is 15.9 Å². The molecule has 0 bridgehead atoms. The highest BCUT2D eigenvalue weighted by Crippen LogP contribution is 2.26. The van der Waals surface area contributed by atoms with Gasteiger partial charge in [-0.1, -0.05) is 11.3 Å². The van der Waals surface area contributed by atoms with Gasteiger partial charge in [0.2, 0.25) is 10.0 Å². The Balaban J connectivity index is 1.47. The molecule has 1 saturated heterocycles. The number of anilines is 1. The zero-order chi connectivity index (χ0) is 20.4. The Hall–Kier alpha value is -2.34. The van der Waals surface area contributed by atoms with Crippen LogP contribution in [0.15, 0.2) is 29.2 Å². The minimum atomic E-state index is -3.61. The van der Waals surface area contributed by atoms with Crippen LogP contribution in [0, 0.1) is 0 Å². The van der Waals surface area contributed by atoms with E-state index >= 15 is 0 Å². The number of carbonyl (C=O) groups excluding carboxylic acids is 2. The van der Waals surface area contributed by atoms with Crippen LogP contribution in [0.2, 0.25) is 0 Å². The first-order chi connectivity index (χ1) is 13.9. The first-order valence-electron chi connectivity index (χ1n) is 9.22. The number of aryl methyl sites for hydroxylation is 1. The number of amides is 2. The molecule has 11 heteroatoms. The Bertz CT molecular complexity index is 1030. The molecular weight excluding hydrogens is 416 g/mol. The molecule has 2 N–H and O–H groups in total. The summed E-state index contributed by atoms with van der Waals surface area (Å²) in [6.07, 6.45) is 1.48. The number of nitrogens with one attached hydrogen (secondary N) is 2. The molecule has 0 unspecified atom stereocenters. The number of hydrogen-bond donors (Lipinski definition) is 2. The number of rotatable bonds is 4. The second kappa shape index (κ2) is 8.19. The summed E-state index contributed by atoms with van der Waals surface area (Å²) in [5.74, 6) is -0.585. The van der Waals surface area contributed by atoms with E-state index in [1.165, 1.54) is 28.6 Å². The van der Waals surface area contributed by atoms with Gasteiger partial charge in [-0.2, -0.15) is 4.31 Å². The summed E-state index contributed by atoms with van der Waals surface area (Å²) in [7, 11) is -3.61. The largest absolute Gasteiger partial charge is 0.379 e.